The minimum absolute atomic E-state index is 0.00556. The summed E-state index contributed by atoms with van der Waals surface area (Å²) in [7, 11) is 1.47. The minimum atomic E-state index is -0.0722. The average molecular weight is 511 g/mol. The Morgan fingerprint density at radius 3 is 1.08 bits per heavy atom. The van der Waals surface area contributed by atoms with Crippen molar-refractivity contribution in [3.63, 3.8) is 0 Å². The Morgan fingerprint density at radius 1 is 0.417 bits per heavy atom. The van der Waals surface area contributed by atoms with E-state index < -0.39 is 0 Å². The molecule has 0 bridgehead atoms. The van der Waals surface area contributed by atoms with Gasteiger partial charge in [-0.2, -0.15) is 0 Å². The maximum Gasteiger partial charge on any atom is 0.305 e. The molecule has 0 aromatic carbocycles. The van der Waals surface area contributed by atoms with Crippen LogP contribution in [0.2, 0.25) is 0 Å². The van der Waals surface area contributed by atoms with Gasteiger partial charge in [-0.1, -0.05) is 148 Å². The van der Waals surface area contributed by atoms with Gasteiger partial charge in [0.1, 0.15) is 0 Å². The summed E-state index contributed by atoms with van der Waals surface area (Å²) in [6.45, 7) is 2.83. The lowest BCUT2D eigenvalue weighted by Gasteiger charge is -2.05. The average Bonchev–Trinajstić information content (AvgIpc) is 2.88. The second-order valence-electron chi connectivity index (χ2n) is 10.8. The molecule has 0 aromatic rings. The number of rotatable bonds is 29. The van der Waals surface area contributed by atoms with Crippen molar-refractivity contribution in [1.29, 1.82) is 0 Å². The van der Waals surface area contributed by atoms with Crippen molar-refractivity contribution >= 4 is 11.9 Å². The number of hydrogen-bond donors (Lipinski definition) is 0. The van der Waals surface area contributed by atoms with Crippen LogP contribution in [0, 0.1) is 0 Å². The quantitative estimate of drug-likeness (QED) is 0.0741. The highest BCUT2D eigenvalue weighted by atomic mass is 16.5. The summed E-state index contributed by atoms with van der Waals surface area (Å²) in [6, 6.07) is 0. The SMILES string of the molecule is CCCCCCCOC(=O)CCCCCCCCCCCCCCCCCCCCCCC(=O)OC. The van der Waals surface area contributed by atoms with E-state index in [9.17, 15) is 9.59 Å². The molecular weight excluding hydrogens is 448 g/mol. The highest BCUT2D eigenvalue weighted by Gasteiger charge is 2.03. The predicted molar refractivity (Wildman–Crippen MR) is 153 cm³/mol. The highest BCUT2D eigenvalue weighted by Crippen LogP contribution is 2.15. The standard InChI is InChI=1S/C32H62O4/c1-3-4-5-24-27-30-36-32(34)29-26-23-21-19-17-15-13-11-9-7-6-8-10-12-14-16-18-20-22-25-28-31(33)35-2/h3-30H2,1-2H3. The molecule has 214 valence electrons. The van der Waals surface area contributed by atoms with E-state index in [-0.39, 0.29) is 11.9 Å². The van der Waals surface area contributed by atoms with Crippen molar-refractivity contribution < 1.29 is 19.1 Å². The van der Waals surface area contributed by atoms with Crippen LogP contribution < -0.4 is 0 Å². The lowest BCUT2D eigenvalue weighted by molar-refractivity contribution is -0.144. The summed E-state index contributed by atoms with van der Waals surface area (Å²) in [5.74, 6) is -0.0666. The maximum atomic E-state index is 11.7. The Kier molecular flexibility index (Phi) is 29.3. The third-order valence-corrected chi connectivity index (χ3v) is 7.25. The number of carbonyl (C=O) groups excluding carboxylic acids is 2. The molecule has 0 spiro atoms. The summed E-state index contributed by atoms with van der Waals surface area (Å²) in [5.41, 5.74) is 0. The van der Waals surface area contributed by atoms with E-state index in [4.69, 9.17) is 4.74 Å². The topological polar surface area (TPSA) is 52.6 Å². The van der Waals surface area contributed by atoms with E-state index in [2.05, 4.69) is 11.7 Å². The number of esters is 2. The number of carbonyl (C=O) groups is 2. The van der Waals surface area contributed by atoms with Crippen molar-refractivity contribution in [2.75, 3.05) is 13.7 Å². The third kappa shape index (κ3) is 29.2. The lowest BCUT2D eigenvalue weighted by Crippen LogP contribution is -2.05. The first-order valence-electron chi connectivity index (χ1n) is 15.9. The molecule has 0 aromatic heterocycles. The largest absolute Gasteiger partial charge is 0.469 e. The molecule has 0 rings (SSSR count). The second kappa shape index (κ2) is 30.2. The molecule has 4 heteroatoms. The summed E-state index contributed by atoms with van der Waals surface area (Å²) in [5, 5.41) is 0. The van der Waals surface area contributed by atoms with Gasteiger partial charge in [0.05, 0.1) is 13.7 Å². The molecule has 0 heterocycles. The van der Waals surface area contributed by atoms with Crippen LogP contribution in [0.3, 0.4) is 0 Å². The van der Waals surface area contributed by atoms with Crippen molar-refractivity contribution in [2.24, 2.45) is 0 Å². The van der Waals surface area contributed by atoms with Crippen molar-refractivity contribution in [1.82, 2.24) is 0 Å². The first-order chi connectivity index (χ1) is 17.7. The van der Waals surface area contributed by atoms with Crippen LogP contribution in [0.15, 0.2) is 0 Å². The zero-order chi connectivity index (χ0) is 26.4. The number of ether oxygens (including phenoxy) is 2. The fraction of sp³-hybridized carbons (Fsp3) is 0.938. The van der Waals surface area contributed by atoms with Crippen molar-refractivity contribution in [2.45, 2.75) is 180 Å². The zero-order valence-corrected chi connectivity index (χ0v) is 24.4. The van der Waals surface area contributed by atoms with Gasteiger partial charge in [-0.05, 0) is 19.3 Å². The fourth-order valence-electron chi connectivity index (χ4n) is 4.79. The van der Waals surface area contributed by atoms with Gasteiger partial charge in [-0.15, -0.1) is 0 Å². The van der Waals surface area contributed by atoms with Gasteiger partial charge >= 0.3 is 11.9 Å². The summed E-state index contributed by atoms with van der Waals surface area (Å²) in [4.78, 5) is 22.8. The normalized spacial score (nSPS) is 11.1. The molecule has 0 aliphatic carbocycles. The molecule has 36 heavy (non-hydrogen) atoms. The number of unbranched alkanes of at least 4 members (excludes halogenated alkanes) is 23. The molecule has 0 saturated carbocycles. The van der Waals surface area contributed by atoms with Crippen LogP contribution in [0.5, 0.6) is 0 Å². The van der Waals surface area contributed by atoms with Crippen molar-refractivity contribution in [3.8, 4) is 0 Å². The summed E-state index contributed by atoms with van der Waals surface area (Å²) < 4.78 is 9.99. The van der Waals surface area contributed by atoms with Crippen LogP contribution in [0.25, 0.3) is 0 Å². The Bertz CT molecular complexity index is 463. The monoisotopic (exact) mass is 510 g/mol. The van der Waals surface area contributed by atoms with Gasteiger partial charge in [0.15, 0.2) is 0 Å². The molecule has 0 aliphatic heterocycles. The van der Waals surface area contributed by atoms with Gasteiger partial charge in [-0.3, -0.25) is 9.59 Å². The van der Waals surface area contributed by atoms with Gasteiger partial charge < -0.3 is 9.47 Å². The smallest absolute Gasteiger partial charge is 0.305 e. The van der Waals surface area contributed by atoms with E-state index in [0.717, 1.165) is 25.7 Å². The fourth-order valence-corrected chi connectivity index (χ4v) is 4.79. The Balaban J connectivity index is 3.12. The van der Waals surface area contributed by atoms with Crippen LogP contribution in [-0.4, -0.2) is 25.7 Å². The first kappa shape index (κ1) is 34.9. The van der Waals surface area contributed by atoms with E-state index in [1.807, 2.05) is 0 Å². The minimum Gasteiger partial charge on any atom is -0.469 e. The zero-order valence-electron chi connectivity index (χ0n) is 24.4. The molecule has 0 unspecified atom stereocenters. The van der Waals surface area contributed by atoms with Crippen LogP contribution in [0.4, 0.5) is 0 Å². The Hall–Kier alpha value is -1.06. The number of hydrogen-bond acceptors (Lipinski definition) is 4. The van der Waals surface area contributed by atoms with E-state index in [1.165, 1.54) is 142 Å². The first-order valence-corrected chi connectivity index (χ1v) is 15.9. The van der Waals surface area contributed by atoms with Crippen LogP contribution in [0.1, 0.15) is 180 Å². The van der Waals surface area contributed by atoms with Gasteiger partial charge in [0.25, 0.3) is 0 Å². The molecular formula is C32H62O4. The molecule has 0 amide bonds. The molecule has 0 radical (unpaired) electrons. The molecule has 0 atom stereocenters. The van der Waals surface area contributed by atoms with Crippen LogP contribution in [-0.2, 0) is 19.1 Å². The lowest BCUT2D eigenvalue weighted by atomic mass is 10.0. The third-order valence-electron chi connectivity index (χ3n) is 7.25. The highest BCUT2D eigenvalue weighted by molar-refractivity contribution is 5.69. The molecule has 0 saturated heterocycles. The van der Waals surface area contributed by atoms with E-state index >= 15 is 0 Å². The molecule has 4 nitrogen and oxygen atoms in total. The number of methoxy groups -OCH3 is 1. The van der Waals surface area contributed by atoms with Gasteiger partial charge in [0, 0.05) is 12.8 Å². The molecule has 0 aliphatic rings. The van der Waals surface area contributed by atoms with Gasteiger partial charge in [0.2, 0.25) is 0 Å². The summed E-state index contributed by atoms with van der Waals surface area (Å²) in [6.07, 6.45) is 33.3. The van der Waals surface area contributed by atoms with E-state index in [1.54, 1.807) is 0 Å². The Morgan fingerprint density at radius 2 is 0.722 bits per heavy atom. The van der Waals surface area contributed by atoms with Gasteiger partial charge in [-0.25, -0.2) is 0 Å². The molecule has 0 N–H and O–H groups in total. The Labute approximate surface area is 225 Å². The predicted octanol–water partition coefficient (Wildman–Crippen LogP) is 10.3. The summed E-state index contributed by atoms with van der Waals surface area (Å²) >= 11 is 0. The molecule has 0 fully saturated rings. The maximum absolute atomic E-state index is 11.7. The second-order valence-corrected chi connectivity index (χ2v) is 10.8. The van der Waals surface area contributed by atoms with E-state index in [0.29, 0.717) is 19.4 Å². The van der Waals surface area contributed by atoms with Crippen molar-refractivity contribution in [3.05, 3.63) is 0 Å². The van der Waals surface area contributed by atoms with Crippen LogP contribution >= 0.6 is 0 Å².